The lowest BCUT2D eigenvalue weighted by Gasteiger charge is -2.44. The van der Waals surface area contributed by atoms with Gasteiger partial charge in [0.15, 0.2) is 0 Å². The van der Waals surface area contributed by atoms with Crippen molar-refractivity contribution >= 4 is 40.9 Å². The van der Waals surface area contributed by atoms with Crippen LogP contribution in [0.2, 0.25) is 10.0 Å². The highest BCUT2D eigenvalue weighted by atomic mass is 35.5. The number of benzene rings is 2. The largest absolute Gasteiger partial charge is 0.497 e. The van der Waals surface area contributed by atoms with Gasteiger partial charge in [-0.15, -0.1) is 0 Å². The van der Waals surface area contributed by atoms with Crippen LogP contribution in [0.25, 0.3) is 0 Å². The predicted molar refractivity (Wildman–Crippen MR) is 134 cm³/mol. The van der Waals surface area contributed by atoms with Crippen molar-refractivity contribution in [2.45, 2.75) is 43.5 Å². The highest BCUT2D eigenvalue weighted by Crippen LogP contribution is 2.39. The molecule has 2 aliphatic heterocycles. The first-order valence-corrected chi connectivity index (χ1v) is 12.7. The minimum absolute atomic E-state index is 0.106. The van der Waals surface area contributed by atoms with E-state index in [2.05, 4.69) is 5.32 Å². The van der Waals surface area contributed by atoms with E-state index in [9.17, 15) is 14.4 Å². The summed E-state index contributed by atoms with van der Waals surface area (Å²) < 4.78 is 11.5. The van der Waals surface area contributed by atoms with Crippen LogP contribution in [-0.2, 0) is 9.53 Å². The quantitative estimate of drug-likeness (QED) is 0.634. The summed E-state index contributed by atoms with van der Waals surface area (Å²) in [4.78, 5) is 43.3. The van der Waals surface area contributed by atoms with E-state index in [1.54, 1.807) is 52.3 Å². The molecule has 1 spiro atoms. The van der Waals surface area contributed by atoms with Crippen molar-refractivity contribution in [2.75, 3.05) is 26.8 Å². The number of carbonyl (C=O) groups is 3. The lowest BCUT2D eigenvalue weighted by molar-refractivity contribution is -0.128. The number of carbonyl (C=O) groups excluding carboxylic acids is 3. The van der Waals surface area contributed by atoms with Crippen LogP contribution in [0.5, 0.6) is 5.75 Å². The fraction of sp³-hybridized carbons (Fsp3) is 0.423. The summed E-state index contributed by atoms with van der Waals surface area (Å²) in [5.74, 6) is -0.127. The zero-order chi connectivity index (χ0) is 25.4. The van der Waals surface area contributed by atoms with Gasteiger partial charge in [-0.2, -0.15) is 0 Å². The molecule has 0 bridgehead atoms. The molecule has 8 nitrogen and oxygen atoms in total. The topological polar surface area (TPSA) is 88.2 Å². The Morgan fingerprint density at radius 1 is 1.00 bits per heavy atom. The van der Waals surface area contributed by atoms with E-state index in [1.165, 1.54) is 7.11 Å². The number of rotatable bonds is 5. The molecule has 190 valence electrons. The minimum atomic E-state index is -0.986. The molecule has 3 amide bonds. The van der Waals surface area contributed by atoms with E-state index in [1.807, 2.05) is 0 Å². The molecule has 2 heterocycles. The van der Waals surface area contributed by atoms with Crippen LogP contribution in [0, 0.1) is 0 Å². The van der Waals surface area contributed by atoms with Crippen LogP contribution in [0.15, 0.2) is 42.5 Å². The molecule has 10 heteroatoms. The first-order valence-electron chi connectivity index (χ1n) is 12.0. The zero-order valence-corrected chi connectivity index (χ0v) is 21.3. The Morgan fingerprint density at radius 3 is 2.39 bits per heavy atom. The number of hydrogen-bond acceptors (Lipinski definition) is 5. The van der Waals surface area contributed by atoms with Crippen LogP contribution >= 0.6 is 23.2 Å². The smallest absolute Gasteiger partial charge is 0.257 e. The second-order valence-electron chi connectivity index (χ2n) is 9.38. The van der Waals surface area contributed by atoms with Gasteiger partial charge in [0.05, 0.1) is 23.8 Å². The number of piperidine rings is 1. The average Bonchev–Trinajstić information content (AvgIpc) is 3.64. The normalized spacial score (nSPS) is 20.9. The molecule has 0 aromatic heterocycles. The zero-order valence-electron chi connectivity index (χ0n) is 19.8. The lowest BCUT2D eigenvalue weighted by atomic mass is 9.96. The molecule has 1 unspecified atom stereocenters. The maximum Gasteiger partial charge on any atom is 0.257 e. The van der Waals surface area contributed by atoms with Crippen LogP contribution in [0.3, 0.4) is 0 Å². The highest BCUT2D eigenvalue weighted by molar-refractivity contribution is 6.42. The Kier molecular flexibility index (Phi) is 6.85. The molecule has 1 saturated carbocycles. The van der Waals surface area contributed by atoms with Gasteiger partial charge < -0.3 is 19.7 Å². The number of ether oxygens (including phenoxy) is 2. The molecule has 36 heavy (non-hydrogen) atoms. The molecule has 2 saturated heterocycles. The Labute approximate surface area is 219 Å². The van der Waals surface area contributed by atoms with Gasteiger partial charge in [-0.05, 0) is 49.2 Å². The molecule has 0 radical (unpaired) electrons. The monoisotopic (exact) mass is 531 g/mol. The number of halogens is 2. The van der Waals surface area contributed by atoms with Gasteiger partial charge in [-0.25, -0.2) is 0 Å². The molecule has 3 fully saturated rings. The van der Waals surface area contributed by atoms with Crippen LogP contribution < -0.4 is 10.1 Å². The lowest BCUT2D eigenvalue weighted by Crippen LogP contribution is -2.60. The minimum Gasteiger partial charge on any atom is -0.497 e. The van der Waals surface area contributed by atoms with Gasteiger partial charge in [0.2, 0.25) is 5.91 Å². The van der Waals surface area contributed by atoms with Gasteiger partial charge in [-0.3, -0.25) is 19.3 Å². The third-order valence-corrected chi connectivity index (χ3v) is 7.76. The highest BCUT2D eigenvalue weighted by Gasteiger charge is 2.54. The maximum atomic E-state index is 13.8. The van der Waals surface area contributed by atoms with Crippen molar-refractivity contribution in [3.05, 3.63) is 63.6 Å². The van der Waals surface area contributed by atoms with Crippen LogP contribution in [-0.4, -0.2) is 72.1 Å². The molecule has 1 atom stereocenters. The van der Waals surface area contributed by atoms with E-state index in [-0.39, 0.29) is 30.4 Å². The first-order chi connectivity index (χ1) is 17.3. The molecule has 1 N–H and O–H groups in total. The van der Waals surface area contributed by atoms with Crippen molar-refractivity contribution in [1.82, 2.24) is 15.1 Å². The molecular formula is C26H27Cl2N3O5. The second kappa shape index (κ2) is 9.92. The third-order valence-electron chi connectivity index (χ3n) is 7.02. The summed E-state index contributed by atoms with van der Waals surface area (Å²) in [6.45, 7) is 0.824. The number of nitrogens with zero attached hydrogens (tertiary/aromatic N) is 2. The fourth-order valence-corrected chi connectivity index (χ4v) is 5.16. The van der Waals surface area contributed by atoms with Gasteiger partial charge in [0, 0.05) is 43.1 Å². The number of likely N-dealkylation sites (tertiary alicyclic amines) is 1. The fourth-order valence-electron chi connectivity index (χ4n) is 4.86. The first kappa shape index (κ1) is 24.9. The van der Waals surface area contributed by atoms with E-state index in [0.717, 1.165) is 12.8 Å². The van der Waals surface area contributed by atoms with E-state index in [4.69, 9.17) is 32.7 Å². The van der Waals surface area contributed by atoms with Gasteiger partial charge in [0.1, 0.15) is 17.5 Å². The maximum absolute atomic E-state index is 13.8. The second-order valence-corrected chi connectivity index (χ2v) is 10.2. The van der Waals surface area contributed by atoms with Crippen LogP contribution in [0.4, 0.5) is 0 Å². The molecular weight excluding hydrogens is 505 g/mol. The summed E-state index contributed by atoms with van der Waals surface area (Å²) in [5, 5.41) is 3.71. The molecule has 2 aromatic rings. The van der Waals surface area contributed by atoms with Gasteiger partial charge in [-0.1, -0.05) is 29.3 Å². The van der Waals surface area contributed by atoms with Gasteiger partial charge in [0.25, 0.3) is 11.8 Å². The number of amides is 3. The van der Waals surface area contributed by atoms with Crippen LogP contribution in [0.1, 0.15) is 46.4 Å². The van der Waals surface area contributed by atoms with Crippen molar-refractivity contribution in [1.29, 1.82) is 0 Å². The average molecular weight is 532 g/mol. The Morgan fingerprint density at radius 2 is 1.72 bits per heavy atom. The Hall–Kier alpha value is -2.81. The van der Waals surface area contributed by atoms with Gasteiger partial charge >= 0.3 is 0 Å². The SMILES string of the molecule is COc1cccc(C(=O)N2C(C(=O)NC3CC3)COC23CCN(C(=O)c2ccc(Cl)c(Cl)c2)CC3)c1. The number of hydrogen-bond donors (Lipinski definition) is 1. The standard InChI is InChI=1S/C26H27Cl2N3O5/c1-35-19-4-2-3-16(13-19)25(34)31-22(23(32)29-18-6-7-18)15-36-26(31)9-11-30(12-10-26)24(33)17-5-8-20(27)21(28)14-17/h2-5,8,13-14,18,22H,6-7,9-12,15H2,1H3,(H,29,32). The van der Waals surface area contributed by atoms with Crippen molar-refractivity contribution < 1.29 is 23.9 Å². The molecule has 3 aliphatic rings. The predicted octanol–water partition coefficient (Wildman–Crippen LogP) is 3.75. The van der Waals surface area contributed by atoms with E-state index >= 15 is 0 Å². The number of nitrogens with one attached hydrogen (secondary N) is 1. The summed E-state index contributed by atoms with van der Waals surface area (Å²) >= 11 is 12.1. The summed E-state index contributed by atoms with van der Waals surface area (Å²) in [5.41, 5.74) is -0.128. The molecule has 1 aliphatic carbocycles. The Balaban J connectivity index is 1.38. The van der Waals surface area contributed by atoms with Crippen molar-refractivity contribution in [2.24, 2.45) is 0 Å². The Bertz CT molecular complexity index is 1190. The number of methoxy groups -OCH3 is 1. The van der Waals surface area contributed by atoms with E-state index < -0.39 is 11.8 Å². The third kappa shape index (κ3) is 4.77. The van der Waals surface area contributed by atoms with Crippen molar-refractivity contribution in [3.8, 4) is 5.75 Å². The molecule has 2 aromatic carbocycles. The van der Waals surface area contributed by atoms with E-state index in [0.29, 0.717) is 52.9 Å². The summed E-state index contributed by atoms with van der Waals surface area (Å²) in [6, 6.07) is 11.1. The van der Waals surface area contributed by atoms with Crippen molar-refractivity contribution in [3.63, 3.8) is 0 Å². The summed E-state index contributed by atoms with van der Waals surface area (Å²) in [6.07, 6.45) is 2.64. The summed E-state index contributed by atoms with van der Waals surface area (Å²) in [7, 11) is 1.54. The molecule has 5 rings (SSSR count).